The van der Waals surface area contributed by atoms with Crippen LogP contribution in [0.1, 0.15) is 39.5 Å². The van der Waals surface area contributed by atoms with Crippen LogP contribution < -0.4 is 11.1 Å². The van der Waals surface area contributed by atoms with Crippen molar-refractivity contribution in [3.8, 4) is 0 Å². The third-order valence-electron chi connectivity index (χ3n) is 4.34. The smallest absolute Gasteiger partial charge is 0.223 e. The first kappa shape index (κ1) is 12.8. The number of hydrogen-bond donors (Lipinski definition) is 2. The lowest BCUT2D eigenvalue weighted by Crippen LogP contribution is -2.52. The van der Waals surface area contributed by atoms with Crippen molar-refractivity contribution in [1.82, 2.24) is 5.32 Å². The molecule has 98 valence electrons. The van der Waals surface area contributed by atoms with Gasteiger partial charge < -0.3 is 15.8 Å². The summed E-state index contributed by atoms with van der Waals surface area (Å²) < 4.78 is 5.36. The summed E-state index contributed by atoms with van der Waals surface area (Å²) in [5, 5.41) is 3.16. The van der Waals surface area contributed by atoms with Crippen LogP contribution >= 0.6 is 0 Å². The molecule has 0 bridgehead atoms. The molecular formula is C13H24N2O2. The van der Waals surface area contributed by atoms with Crippen molar-refractivity contribution >= 4 is 5.91 Å². The third kappa shape index (κ3) is 2.80. The summed E-state index contributed by atoms with van der Waals surface area (Å²) in [6.07, 6.45) is 3.99. The molecule has 2 rings (SSSR count). The van der Waals surface area contributed by atoms with E-state index in [1.165, 1.54) is 0 Å². The maximum Gasteiger partial charge on any atom is 0.223 e. The number of ether oxygens (including phenoxy) is 1. The molecular weight excluding hydrogens is 216 g/mol. The van der Waals surface area contributed by atoms with E-state index in [-0.39, 0.29) is 29.3 Å². The van der Waals surface area contributed by atoms with Crippen LogP contribution in [-0.4, -0.2) is 30.7 Å². The zero-order chi connectivity index (χ0) is 12.5. The van der Waals surface area contributed by atoms with Gasteiger partial charge in [0.05, 0.1) is 12.1 Å². The SMILES string of the molecule is CC1C(N)CCCC1C(=O)NC1(C)CCOC1. The molecule has 0 aromatic heterocycles. The fourth-order valence-electron chi connectivity index (χ4n) is 2.92. The van der Waals surface area contributed by atoms with Gasteiger partial charge in [0.15, 0.2) is 0 Å². The Balaban J connectivity index is 1.95. The Morgan fingerprint density at radius 2 is 2.24 bits per heavy atom. The predicted octanol–water partition coefficient (Wildman–Crippen LogP) is 1.05. The summed E-state index contributed by atoms with van der Waals surface area (Å²) in [4.78, 5) is 12.3. The highest BCUT2D eigenvalue weighted by Crippen LogP contribution is 2.30. The van der Waals surface area contributed by atoms with Crippen LogP contribution in [-0.2, 0) is 9.53 Å². The molecule has 0 spiro atoms. The van der Waals surface area contributed by atoms with Gasteiger partial charge in [-0.15, -0.1) is 0 Å². The molecule has 1 saturated heterocycles. The summed E-state index contributed by atoms with van der Waals surface area (Å²) in [7, 11) is 0. The van der Waals surface area contributed by atoms with Crippen molar-refractivity contribution in [2.75, 3.05) is 13.2 Å². The van der Waals surface area contributed by atoms with Gasteiger partial charge in [0.1, 0.15) is 0 Å². The Labute approximate surface area is 103 Å². The van der Waals surface area contributed by atoms with Crippen LogP contribution in [0.5, 0.6) is 0 Å². The summed E-state index contributed by atoms with van der Waals surface area (Å²) in [5.41, 5.74) is 5.87. The number of hydrogen-bond acceptors (Lipinski definition) is 3. The van der Waals surface area contributed by atoms with E-state index >= 15 is 0 Å². The van der Waals surface area contributed by atoms with Gasteiger partial charge in [0, 0.05) is 18.6 Å². The Morgan fingerprint density at radius 1 is 1.47 bits per heavy atom. The maximum atomic E-state index is 12.3. The maximum absolute atomic E-state index is 12.3. The van der Waals surface area contributed by atoms with Crippen LogP contribution in [0.15, 0.2) is 0 Å². The molecule has 1 aliphatic carbocycles. The fourth-order valence-corrected chi connectivity index (χ4v) is 2.92. The minimum absolute atomic E-state index is 0.0798. The molecule has 1 amide bonds. The average molecular weight is 240 g/mol. The lowest BCUT2D eigenvalue weighted by Gasteiger charge is -2.35. The van der Waals surface area contributed by atoms with Crippen molar-refractivity contribution in [3.05, 3.63) is 0 Å². The van der Waals surface area contributed by atoms with Gasteiger partial charge in [-0.2, -0.15) is 0 Å². The molecule has 1 heterocycles. The largest absolute Gasteiger partial charge is 0.379 e. The van der Waals surface area contributed by atoms with Crippen molar-refractivity contribution in [1.29, 1.82) is 0 Å². The van der Waals surface area contributed by atoms with E-state index in [1.807, 2.05) is 0 Å². The molecule has 1 aliphatic heterocycles. The van der Waals surface area contributed by atoms with Crippen molar-refractivity contribution in [2.24, 2.45) is 17.6 Å². The minimum atomic E-state index is -0.168. The van der Waals surface area contributed by atoms with Crippen molar-refractivity contribution < 1.29 is 9.53 Å². The van der Waals surface area contributed by atoms with Gasteiger partial charge in [0.25, 0.3) is 0 Å². The monoisotopic (exact) mass is 240 g/mol. The van der Waals surface area contributed by atoms with E-state index in [1.54, 1.807) is 0 Å². The number of carbonyl (C=O) groups excluding carboxylic acids is 1. The number of amides is 1. The van der Waals surface area contributed by atoms with Gasteiger partial charge in [-0.05, 0) is 32.1 Å². The zero-order valence-electron chi connectivity index (χ0n) is 10.9. The Hall–Kier alpha value is -0.610. The van der Waals surface area contributed by atoms with Crippen molar-refractivity contribution in [2.45, 2.75) is 51.1 Å². The van der Waals surface area contributed by atoms with E-state index in [4.69, 9.17) is 10.5 Å². The van der Waals surface area contributed by atoms with Crippen LogP contribution in [0.4, 0.5) is 0 Å². The molecule has 4 unspecified atom stereocenters. The molecule has 0 aromatic carbocycles. The molecule has 0 aromatic rings. The number of rotatable bonds is 2. The van der Waals surface area contributed by atoms with E-state index in [2.05, 4.69) is 19.2 Å². The molecule has 4 atom stereocenters. The van der Waals surface area contributed by atoms with Gasteiger partial charge in [-0.25, -0.2) is 0 Å². The van der Waals surface area contributed by atoms with Crippen LogP contribution in [0, 0.1) is 11.8 Å². The molecule has 4 nitrogen and oxygen atoms in total. The molecule has 3 N–H and O–H groups in total. The standard InChI is InChI=1S/C13H24N2O2/c1-9-10(4-3-5-11(9)14)12(16)15-13(2)6-7-17-8-13/h9-11H,3-8,14H2,1-2H3,(H,15,16). The first-order chi connectivity index (χ1) is 8.02. The average Bonchev–Trinajstić information content (AvgIpc) is 2.68. The van der Waals surface area contributed by atoms with Crippen LogP contribution in [0.25, 0.3) is 0 Å². The summed E-state index contributed by atoms with van der Waals surface area (Å²) >= 11 is 0. The highest BCUT2D eigenvalue weighted by Gasteiger charge is 2.37. The van der Waals surface area contributed by atoms with Crippen LogP contribution in [0.2, 0.25) is 0 Å². The van der Waals surface area contributed by atoms with Gasteiger partial charge in [-0.3, -0.25) is 4.79 Å². The molecule has 1 saturated carbocycles. The first-order valence-corrected chi connectivity index (χ1v) is 6.67. The number of carbonyl (C=O) groups is 1. The topological polar surface area (TPSA) is 64.4 Å². The van der Waals surface area contributed by atoms with E-state index < -0.39 is 0 Å². The second-order valence-electron chi connectivity index (χ2n) is 5.91. The molecule has 4 heteroatoms. The van der Waals surface area contributed by atoms with Crippen LogP contribution in [0.3, 0.4) is 0 Å². The first-order valence-electron chi connectivity index (χ1n) is 6.67. The van der Waals surface area contributed by atoms with E-state index in [9.17, 15) is 4.79 Å². The number of nitrogens with two attached hydrogens (primary N) is 1. The summed E-state index contributed by atoms with van der Waals surface area (Å²) in [6, 6.07) is 0.173. The molecule has 0 radical (unpaired) electrons. The normalized spacial score (nSPS) is 42.4. The highest BCUT2D eigenvalue weighted by atomic mass is 16.5. The lowest BCUT2D eigenvalue weighted by atomic mass is 9.76. The third-order valence-corrected chi connectivity index (χ3v) is 4.34. The number of nitrogens with one attached hydrogen (secondary N) is 1. The van der Waals surface area contributed by atoms with Gasteiger partial charge in [0.2, 0.25) is 5.91 Å². The second kappa shape index (κ2) is 4.94. The molecule has 2 aliphatic rings. The fraction of sp³-hybridized carbons (Fsp3) is 0.923. The molecule has 17 heavy (non-hydrogen) atoms. The highest BCUT2D eigenvalue weighted by molar-refractivity contribution is 5.80. The molecule has 2 fully saturated rings. The zero-order valence-corrected chi connectivity index (χ0v) is 10.9. The lowest BCUT2D eigenvalue weighted by molar-refractivity contribution is -0.129. The quantitative estimate of drug-likeness (QED) is 0.758. The predicted molar refractivity (Wildman–Crippen MR) is 66.5 cm³/mol. The van der Waals surface area contributed by atoms with Gasteiger partial charge >= 0.3 is 0 Å². The Kier molecular flexibility index (Phi) is 3.73. The Morgan fingerprint density at radius 3 is 2.88 bits per heavy atom. The second-order valence-corrected chi connectivity index (χ2v) is 5.91. The Bertz CT molecular complexity index is 287. The minimum Gasteiger partial charge on any atom is -0.379 e. The van der Waals surface area contributed by atoms with E-state index in [0.29, 0.717) is 6.61 Å². The summed E-state index contributed by atoms with van der Waals surface area (Å²) in [6.45, 7) is 5.54. The van der Waals surface area contributed by atoms with Gasteiger partial charge in [-0.1, -0.05) is 13.3 Å². The summed E-state index contributed by atoms with van der Waals surface area (Å²) in [5.74, 6) is 0.534. The van der Waals surface area contributed by atoms with E-state index in [0.717, 1.165) is 32.3 Å². The van der Waals surface area contributed by atoms with Crippen molar-refractivity contribution in [3.63, 3.8) is 0 Å².